The number of likely N-dealkylation sites (tertiary alicyclic amines) is 1. The lowest BCUT2D eigenvalue weighted by Gasteiger charge is -2.34. The van der Waals surface area contributed by atoms with Gasteiger partial charge in [-0.05, 0) is 65.5 Å². The predicted molar refractivity (Wildman–Crippen MR) is 97.9 cm³/mol. The van der Waals surface area contributed by atoms with Gasteiger partial charge in [-0.1, -0.05) is 15.9 Å². The molecule has 1 N–H and O–H groups in total. The Morgan fingerprint density at radius 1 is 1.21 bits per heavy atom. The molecular weight excluding hydrogens is 440 g/mol. The summed E-state index contributed by atoms with van der Waals surface area (Å²) in [6.07, 6.45) is 3.91. The van der Waals surface area contributed by atoms with Crippen LogP contribution >= 0.6 is 31.9 Å². The van der Waals surface area contributed by atoms with Crippen molar-refractivity contribution < 1.29 is 14.0 Å². The van der Waals surface area contributed by atoms with E-state index in [0.29, 0.717) is 18.7 Å². The third kappa shape index (κ3) is 3.72. The van der Waals surface area contributed by atoms with Gasteiger partial charge in [0.25, 0.3) is 5.91 Å². The lowest BCUT2D eigenvalue weighted by atomic mass is 10.0. The molecule has 0 aliphatic carbocycles. The quantitative estimate of drug-likeness (QED) is 0.744. The summed E-state index contributed by atoms with van der Waals surface area (Å²) < 4.78 is 6.89. The molecule has 0 saturated carbocycles. The maximum atomic E-state index is 12.7. The highest BCUT2D eigenvalue weighted by atomic mass is 79.9. The van der Waals surface area contributed by atoms with Crippen molar-refractivity contribution in [1.29, 1.82) is 0 Å². The van der Waals surface area contributed by atoms with Crippen molar-refractivity contribution >= 4 is 49.4 Å². The number of anilines is 1. The van der Waals surface area contributed by atoms with E-state index in [0.717, 1.165) is 21.8 Å². The van der Waals surface area contributed by atoms with E-state index in [2.05, 4.69) is 37.2 Å². The van der Waals surface area contributed by atoms with E-state index in [4.69, 9.17) is 4.42 Å². The molecule has 1 aliphatic rings. The van der Waals surface area contributed by atoms with Gasteiger partial charge in [0, 0.05) is 15.5 Å². The van der Waals surface area contributed by atoms with Gasteiger partial charge in [-0.2, -0.15) is 0 Å². The first-order valence-corrected chi connectivity index (χ1v) is 9.25. The fourth-order valence-electron chi connectivity index (χ4n) is 2.80. The number of rotatable bonds is 3. The minimum Gasteiger partial charge on any atom is -0.459 e. The molecule has 1 fully saturated rings. The molecule has 1 saturated heterocycles. The normalized spacial score (nSPS) is 17.6. The Kier molecular flexibility index (Phi) is 5.40. The van der Waals surface area contributed by atoms with Crippen LogP contribution in [0, 0.1) is 0 Å². The Bertz CT molecular complexity index is 746. The Labute approximate surface area is 156 Å². The second-order valence-corrected chi connectivity index (χ2v) is 7.37. The second-order valence-electron chi connectivity index (χ2n) is 5.60. The molecule has 2 amide bonds. The maximum Gasteiger partial charge on any atom is 0.290 e. The number of nitrogens with one attached hydrogen (secondary N) is 1. The molecular formula is C17H16Br2N2O3. The molecule has 2 heterocycles. The zero-order valence-corrected chi connectivity index (χ0v) is 16.0. The van der Waals surface area contributed by atoms with Crippen LogP contribution in [-0.2, 0) is 4.79 Å². The highest BCUT2D eigenvalue weighted by molar-refractivity contribution is 9.11. The van der Waals surface area contributed by atoms with E-state index in [-0.39, 0.29) is 17.6 Å². The topological polar surface area (TPSA) is 62.6 Å². The molecule has 0 radical (unpaired) electrons. The smallest absolute Gasteiger partial charge is 0.290 e. The van der Waals surface area contributed by atoms with E-state index in [1.165, 1.54) is 6.26 Å². The molecule has 0 spiro atoms. The lowest BCUT2D eigenvalue weighted by molar-refractivity contribution is -0.121. The fraction of sp³-hybridized carbons (Fsp3) is 0.294. The number of furan rings is 1. The molecule has 5 nitrogen and oxygen atoms in total. The van der Waals surface area contributed by atoms with Crippen LogP contribution in [0.2, 0.25) is 0 Å². The summed E-state index contributed by atoms with van der Waals surface area (Å²) in [6.45, 7) is 0.555. The van der Waals surface area contributed by atoms with Crippen LogP contribution in [0.25, 0.3) is 0 Å². The van der Waals surface area contributed by atoms with Crippen LogP contribution in [0.3, 0.4) is 0 Å². The van der Waals surface area contributed by atoms with Crippen LogP contribution in [-0.4, -0.2) is 29.3 Å². The summed E-state index contributed by atoms with van der Waals surface area (Å²) in [5, 5.41) is 2.91. The van der Waals surface area contributed by atoms with Crippen molar-refractivity contribution in [1.82, 2.24) is 4.90 Å². The van der Waals surface area contributed by atoms with Crippen molar-refractivity contribution in [2.75, 3.05) is 11.9 Å². The molecule has 1 aromatic carbocycles. The molecule has 0 bridgehead atoms. The molecule has 1 aromatic heterocycles. The van der Waals surface area contributed by atoms with Gasteiger partial charge in [0.2, 0.25) is 5.91 Å². The van der Waals surface area contributed by atoms with Gasteiger partial charge in [-0.3, -0.25) is 9.59 Å². The number of amides is 2. The molecule has 7 heteroatoms. The summed E-state index contributed by atoms with van der Waals surface area (Å²) >= 11 is 6.82. The summed E-state index contributed by atoms with van der Waals surface area (Å²) in [5.41, 5.74) is 0.680. The third-order valence-electron chi connectivity index (χ3n) is 3.99. The molecule has 1 atom stereocenters. The summed E-state index contributed by atoms with van der Waals surface area (Å²) in [7, 11) is 0. The van der Waals surface area contributed by atoms with Crippen molar-refractivity contribution in [2.45, 2.75) is 25.3 Å². The zero-order chi connectivity index (χ0) is 17.1. The van der Waals surface area contributed by atoms with E-state index in [9.17, 15) is 9.59 Å². The van der Waals surface area contributed by atoms with Crippen molar-refractivity contribution in [2.24, 2.45) is 0 Å². The average Bonchev–Trinajstić information content (AvgIpc) is 3.11. The van der Waals surface area contributed by atoms with Crippen LogP contribution in [0.4, 0.5) is 5.69 Å². The van der Waals surface area contributed by atoms with Crippen molar-refractivity contribution in [3.8, 4) is 0 Å². The first kappa shape index (κ1) is 17.2. The van der Waals surface area contributed by atoms with Crippen LogP contribution in [0.1, 0.15) is 29.8 Å². The summed E-state index contributed by atoms with van der Waals surface area (Å²) in [6, 6.07) is 8.33. The maximum absolute atomic E-state index is 12.7. The molecule has 24 heavy (non-hydrogen) atoms. The number of carbonyl (C=O) groups excluding carboxylic acids is 2. The zero-order valence-electron chi connectivity index (χ0n) is 12.8. The van der Waals surface area contributed by atoms with Crippen molar-refractivity contribution in [3.63, 3.8) is 0 Å². The van der Waals surface area contributed by atoms with Gasteiger partial charge in [0.15, 0.2) is 5.76 Å². The van der Waals surface area contributed by atoms with Crippen LogP contribution in [0.5, 0.6) is 0 Å². The van der Waals surface area contributed by atoms with E-state index < -0.39 is 6.04 Å². The van der Waals surface area contributed by atoms with Gasteiger partial charge in [-0.15, -0.1) is 0 Å². The first-order valence-electron chi connectivity index (χ1n) is 7.66. The number of carbonyl (C=O) groups is 2. The van der Waals surface area contributed by atoms with Crippen LogP contribution in [0.15, 0.2) is 50.0 Å². The van der Waals surface area contributed by atoms with Gasteiger partial charge < -0.3 is 14.6 Å². The predicted octanol–water partition coefficient (Wildman–Crippen LogP) is 4.44. The monoisotopic (exact) mass is 454 g/mol. The SMILES string of the molecule is O=C(Nc1ccc(Br)cc1Br)C1CCCCN1C(=O)c1ccco1. The molecule has 2 aromatic rings. The molecule has 126 valence electrons. The Morgan fingerprint density at radius 2 is 2.04 bits per heavy atom. The third-order valence-corrected chi connectivity index (χ3v) is 5.14. The van der Waals surface area contributed by atoms with Gasteiger partial charge in [0.05, 0.1) is 12.0 Å². The van der Waals surface area contributed by atoms with Crippen molar-refractivity contribution in [3.05, 3.63) is 51.3 Å². The van der Waals surface area contributed by atoms with E-state index >= 15 is 0 Å². The number of hydrogen-bond acceptors (Lipinski definition) is 3. The molecule has 1 aliphatic heterocycles. The number of nitrogens with zero attached hydrogens (tertiary/aromatic N) is 1. The van der Waals surface area contributed by atoms with Crippen LogP contribution < -0.4 is 5.32 Å². The highest BCUT2D eigenvalue weighted by Crippen LogP contribution is 2.27. The first-order chi connectivity index (χ1) is 11.6. The Morgan fingerprint density at radius 3 is 2.75 bits per heavy atom. The largest absolute Gasteiger partial charge is 0.459 e. The second kappa shape index (κ2) is 7.53. The number of piperidine rings is 1. The molecule has 1 unspecified atom stereocenters. The number of benzene rings is 1. The van der Waals surface area contributed by atoms with E-state index in [1.54, 1.807) is 17.0 Å². The minimum absolute atomic E-state index is 0.183. The van der Waals surface area contributed by atoms with Gasteiger partial charge in [0.1, 0.15) is 6.04 Å². The Balaban J connectivity index is 1.77. The Hall–Kier alpha value is -1.60. The van der Waals surface area contributed by atoms with Gasteiger partial charge in [-0.25, -0.2) is 0 Å². The average molecular weight is 456 g/mol. The highest BCUT2D eigenvalue weighted by Gasteiger charge is 2.33. The van der Waals surface area contributed by atoms with E-state index in [1.807, 2.05) is 18.2 Å². The molecule has 3 rings (SSSR count). The fourth-order valence-corrected chi connectivity index (χ4v) is 3.94. The standard InChI is InChI=1S/C17H16Br2N2O3/c18-11-6-7-13(12(19)10-11)20-16(22)14-4-1-2-8-21(14)17(23)15-5-3-9-24-15/h3,5-7,9-10,14H,1-2,4,8H2,(H,20,22). The number of halogens is 2. The van der Waals surface area contributed by atoms with Gasteiger partial charge >= 0.3 is 0 Å². The summed E-state index contributed by atoms with van der Waals surface area (Å²) in [5.74, 6) is -0.160. The minimum atomic E-state index is -0.494. The lowest BCUT2D eigenvalue weighted by Crippen LogP contribution is -2.50. The summed E-state index contributed by atoms with van der Waals surface area (Å²) in [4.78, 5) is 26.9. The number of hydrogen-bond donors (Lipinski definition) is 1.